The zero-order chi connectivity index (χ0) is 21.7. The highest BCUT2D eigenvalue weighted by Gasteiger charge is 2.22. The molecule has 0 spiro atoms. The average Bonchev–Trinajstić information content (AvgIpc) is 2.78. The van der Waals surface area contributed by atoms with Gasteiger partial charge in [0.05, 0.1) is 26.9 Å². The Labute approximate surface area is 174 Å². The second-order valence-corrected chi connectivity index (χ2v) is 6.48. The molecule has 0 aromatic heterocycles. The molecule has 0 radical (unpaired) electrons. The highest BCUT2D eigenvalue weighted by molar-refractivity contribution is 6.04. The van der Waals surface area contributed by atoms with E-state index < -0.39 is 18.0 Å². The lowest BCUT2D eigenvalue weighted by Gasteiger charge is -2.16. The number of anilines is 1. The number of hydrogen-bond acceptors (Lipinski definition) is 6. The molecule has 3 rings (SSSR count). The molecule has 0 bridgehead atoms. The van der Waals surface area contributed by atoms with E-state index in [0.29, 0.717) is 22.9 Å². The Morgan fingerprint density at radius 3 is 2.13 bits per heavy atom. The number of benzene rings is 3. The van der Waals surface area contributed by atoms with Crippen LogP contribution in [0.25, 0.3) is 10.8 Å². The van der Waals surface area contributed by atoms with E-state index in [1.807, 2.05) is 36.4 Å². The maximum absolute atomic E-state index is 12.6. The molecule has 1 atom stereocenters. The minimum Gasteiger partial charge on any atom is -0.493 e. The first kappa shape index (κ1) is 21.0. The van der Waals surface area contributed by atoms with Gasteiger partial charge >= 0.3 is 5.97 Å². The zero-order valence-corrected chi connectivity index (χ0v) is 17.2. The van der Waals surface area contributed by atoms with Crippen LogP contribution in [0.5, 0.6) is 17.2 Å². The quantitative estimate of drug-likeness (QED) is 0.593. The van der Waals surface area contributed by atoms with Crippen LogP contribution in [0.1, 0.15) is 17.3 Å². The molecule has 0 fully saturated rings. The molecule has 0 aliphatic carbocycles. The Morgan fingerprint density at radius 1 is 0.867 bits per heavy atom. The Bertz CT molecular complexity index is 1050. The number of hydrogen-bond donors (Lipinski definition) is 1. The highest BCUT2D eigenvalue weighted by atomic mass is 16.5. The van der Waals surface area contributed by atoms with Gasteiger partial charge in [-0.2, -0.15) is 0 Å². The van der Waals surface area contributed by atoms with Crippen LogP contribution >= 0.6 is 0 Å². The normalized spacial score (nSPS) is 11.5. The van der Waals surface area contributed by atoms with E-state index in [-0.39, 0.29) is 5.56 Å². The summed E-state index contributed by atoms with van der Waals surface area (Å²) in [4.78, 5) is 25.2. The molecule has 0 heterocycles. The molecule has 0 saturated carbocycles. The standard InChI is InChI=1S/C23H23NO6/c1-14(22(25)24-18-11-7-9-15-8-5-6-10-17(15)18)30-23(26)16-12-19(27-2)21(29-4)20(13-16)28-3/h5-14H,1-4H3,(H,24,25)/t14-/m0/s1. The fourth-order valence-electron chi connectivity index (χ4n) is 3.05. The van der Waals surface area contributed by atoms with Gasteiger partial charge in [0.15, 0.2) is 17.6 Å². The van der Waals surface area contributed by atoms with Gasteiger partial charge in [-0.3, -0.25) is 4.79 Å². The van der Waals surface area contributed by atoms with Crippen LogP contribution in [-0.4, -0.2) is 39.3 Å². The first-order valence-corrected chi connectivity index (χ1v) is 9.28. The Morgan fingerprint density at radius 2 is 1.50 bits per heavy atom. The third-order valence-electron chi connectivity index (χ3n) is 4.60. The lowest BCUT2D eigenvalue weighted by molar-refractivity contribution is -0.123. The summed E-state index contributed by atoms with van der Waals surface area (Å²) in [6.45, 7) is 1.51. The van der Waals surface area contributed by atoms with Crippen LogP contribution in [0.2, 0.25) is 0 Å². The van der Waals surface area contributed by atoms with Crippen molar-refractivity contribution in [3.8, 4) is 17.2 Å². The number of esters is 1. The van der Waals surface area contributed by atoms with Crippen LogP contribution in [-0.2, 0) is 9.53 Å². The summed E-state index contributed by atoms with van der Waals surface area (Å²) in [7, 11) is 4.37. The molecular weight excluding hydrogens is 386 g/mol. The SMILES string of the molecule is COc1cc(C(=O)O[C@@H](C)C(=O)Nc2cccc3ccccc23)cc(OC)c1OC. The summed E-state index contributed by atoms with van der Waals surface area (Å²) < 4.78 is 21.1. The van der Waals surface area contributed by atoms with Gasteiger partial charge in [0.2, 0.25) is 5.75 Å². The molecule has 30 heavy (non-hydrogen) atoms. The number of methoxy groups -OCH3 is 3. The fraction of sp³-hybridized carbons (Fsp3) is 0.217. The van der Waals surface area contributed by atoms with Crippen molar-refractivity contribution in [3.05, 3.63) is 60.2 Å². The summed E-state index contributed by atoms with van der Waals surface area (Å²) in [6, 6.07) is 16.2. The second kappa shape index (κ2) is 9.17. The number of ether oxygens (including phenoxy) is 4. The smallest absolute Gasteiger partial charge is 0.339 e. The molecule has 3 aromatic carbocycles. The molecule has 0 aliphatic rings. The van der Waals surface area contributed by atoms with E-state index in [2.05, 4.69) is 5.32 Å². The number of amides is 1. The van der Waals surface area contributed by atoms with Crippen molar-refractivity contribution < 1.29 is 28.5 Å². The molecule has 0 unspecified atom stereocenters. The maximum atomic E-state index is 12.6. The summed E-state index contributed by atoms with van der Waals surface area (Å²) >= 11 is 0. The predicted molar refractivity (Wildman–Crippen MR) is 114 cm³/mol. The number of nitrogens with one attached hydrogen (secondary N) is 1. The summed E-state index contributed by atoms with van der Waals surface area (Å²) in [5, 5.41) is 4.72. The monoisotopic (exact) mass is 409 g/mol. The van der Waals surface area contributed by atoms with Crippen LogP contribution in [0, 0.1) is 0 Å². The minimum atomic E-state index is -1.02. The van der Waals surface area contributed by atoms with Gasteiger partial charge < -0.3 is 24.3 Å². The zero-order valence-electron chi connectivity index (χ0n) is 17.2. The van der Waals surface area contributed by atoms with Gasteiger partial charge in [0, 0.05) is 11.1 Å². The molecule has 3 aromatic rings. The third-order valence-corrected chi connectivity index (χ3v) is 4.60. The van der Waals surface area contributed by atoms with Crippen molar-refractivity contribution in [2.45, 2.75) is 13.0 Å². The largest absolute Gasteiger partial charge is 0.493 e. The van der Waals surface area contributed by atoms with Crippen molar-refractivity contribution >= 4 is 28.3 Å². The number of carbonyl (C=O) groups excluding carboxylic acids is 2. The Kier molecular flexibility index (Phi) is 6.41. The van der Waals surface area contributed by atoms with E-state index >= 15 is 0 Å². The highest BCUT2D eigenvalue weighted by Crippen LogP contribution is 2.38. The summed E-state index contributed by atoms with van der Waals surface area (Å²) in [5.41, 5.74) is 0.822. The van der Waals surface area contributed by atoms with Gasteiger partial charge in [-0.1, -0.05) is 36.4 Å². The lowest BCUT2D eigenvalue weighted by Crippen LogP contribution is -2.30. The first-order valence-electron chi connectivity index (χ1n) is 9.28. The van der Waals surface area contributed by atoms with E-state index in [1.54, 1.807) is 6.07 Å². The van der Waals surface area contributed by atoms with Crippen LogP contribution in [0.4, 0.5) is 5.69 Å². The molecule has 7 nitrogen and oxygen atoms in total. The van der Waals surface area contributed by atoms with Crippen molar-refractivity contribution in [1.29, 1.82) is 0 Å². The molecule has 1 amide bonds. The fourth-order valence-corrected chi connectivity index (χ4v) is 3.05. The molecule has 7 heteroatoms. The van der Waals surface area contributed by atoms with Gasteiger partial charge in [-0.05, 0) is 30.5 Å². The Balaban J connectivity index is 1.76. The third kappa shape index (κ3) is 4.30. The van der Waals surface area contributed by atoms with Gasteiger partial charge in [-0.25, -0.2) is 4.79 Å². The van der Waals surface area contributed by atoms with Crippen molar-refractivity contribution in [2.75, 3.05) is 26.6 Å². The van der Waals surface area contributed by atoms with Crippen molar-refractivity contribution in [3.63, 3.8) is 0 Å². The number of fused-ring (bicyclic) bond motifs is 1. The predicted octanol–water partition coefficient (Wildman–Crippen LogP) is 4.05. The van der Waals surface area contributed by atoms with Gasteiger partial charge in [0.1, 0.15) is 0 Å². The number of rotatable bonds is 7. The molecule has 0 aliphatic heterocycles. The van der Waals surface area contributed by atoms with E-state index in [0.717, 1.165) is 10.8 Å². The molecular formula is C23H23NO6. The van der Waals surface area contributed by atoms with E-state index in [4.69, 9.17) is 18.9 Å². The van der Waals surface area contributed by atoms with E-state index in [1.165, 1.54) is 40.4 Å². The van der Waals surface area contributed by atoms with E-state index in [9.17, 15) is 9.59 Å². The summed E-state index contributed by atoms with van der Waals surface area (Å²) in [6.07, 6.45) is -1.02. The lowest BCUT2D eigenvalue weighted by atomic mass is 10.1. The van der Waals surface area contributed by atoms with Crippen LogP contribution < -0.4 is 19.5 Å². The summed E-state index contributed by atoms with van der Waals surface area (Å²) in [5.74, 6) is -0.131. The first-order chi connectivity index (χ1) is 14.5. The molecule has 156 valence electrons. The van der Waals surface area contributed by atoms with Crippen LogP contribution in [0.3, 0.4) is 0 Å². The molecule has 0 saturated heterocycles. The maximum Gasteiger partial charge on any atom is 0.339 e. The topological polar surface area (TPSA) is 83.1 Å². The van der Waals surface area contributed by atoms with Gasteiger partial charge in [-0.15, -0.1) is 0 Å². The number of carbonyl (C=O) groups is 2. The molecule has 1 N–H and O–H groups in total. The van der Waals surface area contributed by atoms with Crippen molar-refractivity contribution in [1.82, 2.24) is 0 Å². The Hall–Kier alpha value is -3.74. The minimum absolute atomic E-state index is 0.175. The van der Waals surface area contributed by atoms with Crippen molar-refractivity contribution in [2.24, 2.45) is 0 Å². The second-order valence-electron chi connectivity index (χ2n) is 6.48. The van der Waals surface area contributed by atoms with Gasteiger partial charge in [0.25, 0.3) is 5.91 Å². The van der Waals surface area contributed by atoms with Crippen LogP contribution in [0.15, 0.2) is 54.6 Å². The average molecular weight is 409 g/mol.